The highest BCUT2D eigenvalue weighted by molar-refractivity contribution is 7.92. The Hall–Kier alpha value is -1.24. The van der Waals surface area contributed by atoms with Crippen LogP contribution in [0, 0.1) is 0 Å². The van der Waals surface area contributed by atoms with E-state index in [0.29, 0.717) is 24.5 Å². The Bertz CT molecular complexity index is 480. The summed E-state index contributed by atoms with van der Waals surface area (Å²) in [7, 11) is -3.25. The molecule has 90 valence electrons. The molecule has 0 radical (unpaired) electrons. The van der Waals surface area contributed by atoms with Gasteiger partial charge >= 0.3 is 0 Å². The van der Waals surface area contributed by atoms with Crippen LogP contribution in [0.2, 0.25) is 0 Å². The molecule has 7 heteroatoms. The van der Waals surface area contributed by atoms with Gasteiger partial charge in [0, 0.05) is 13.1 Å². The number of aromatic nitrogens is 2. The number of anilines is 2. The van der Waals surface area contributed by atoms with Crippen LogP contribution in [-0.4, -0.2) is 30.5 Å². The Balaban J connectivity index is 2.42. The number of nitrogens with two attached hydrogens (primary N) is 1. The van der Waals surface area contributed by atoms with Gasteiger partial charge in [-0.05, 0) is 12.8 Å². The van der Waals surface area contributed by atoms with Crippen molar-refractivity contribution in [3.8, 4) is 0 Å². The minimum atomic E-state index is -3.25. The van der Waals surface area contributed by atoms with Gasteiger partial charge in [-0.2, -0.15) is 5.10 Å². The third kappa shape index (κ3) is 1.75. The molecule has 2 heterocycles. The van der Waals surface area contributed by atoms with Crippen LogP contribution >= 0.6 is 0 Å². The molecule has 1 aromatic rings. The van der Waals surface area contributed by atoms with Gasteiger partial charge in [-0.3, -0.25) is 4.31 Å². The van der Waals surface area contributed by atoms with Gasteiger partial charge in [0.25, 0.3) is 0 Å². The second-order valence-electron chi connectivity index (χ2n) is 3.89. The molecular formula is C9H16N4O2S. The molecule has 6 nitrogen and oxygen atoms in total. The summed E-state index contributed by atoms with van der Waals surface area (Å²) in [5.74, 6) is 0.678. The van der Waals surface area contributed by atoms with Gasteiger partial charge in [0.15, 0.2) is 5.82 Å². The van der Waals surface area contributed by atoms with E-state index in [1.807, 2.05) is 6.92 Å². The van der Waals surface area contributed by atoms with Crippen LogP contribution in [0.15, 0.2) is 6.20 Å². The molecule has 1 aliphatic rings. The number of hydrogen-bond donors (Lipinski definition) is 1. The first-order chi connectivity index (χ1) is 7.56. The second-order valence-corrected chi connectivity index (χ2v) is 5.90. The van der Waals surface area contributed by atoms with Crippen LogP contribution in [0.5, 0.6) is 0 Å². The predicted octanol–water partition coefficient (Wildman–Crippen LogP) is 0.415. The molecule has 0 unspecified atom stereocenters. The van der Waals surface area contributed by atoms with E-state index in [0.717, 1.165) is 13.0 Å². The van der Waals surface area contributed by atoms with E-state index in [2.05, 4.69) is 5.10 Å². The lowest BCUT2D eigenvalue weighted by atomic mass is 10.3. The Morgan fingerprint density at radius 1 is 1.50 bits per heavy atom. The molecule has 0 saturated heterocycles. The molecule has 1 aromatic heterocycles. The van der Waals surface area contributed by atoms with Crippen LogP contribution in [0.3, 0.4) is 0 Å². The van der Waals surface area contributed by atoms with Crippen LogP contribution in [-0.2, 0) is 16.6 Å². The van der Waals surface area contributed by atoms with Crippen molar-refractivity contribution in [2.75, 3.05) is 22.3 Å². The maximum absolute atomic E-state index is 12.0. The molecule has 0 aliphatic carbocycles. The lowest BCUT2D eigenvalue weighted by Crippen LogP contribution is -2.39. The van der Waals surface area contributed by atoms with Gasteiger partial charge in [-0.15, -0.1) is 0 Å². The van der Waals surface area contributed by atoms with Crippen molar-refractivity contribution in [2.45, 2.75) is 26.3 Å². The molecule has 0 fully saturated rings. The SMILES string of the molecule is CCCS(=O)(=O)N1CCCn2ncc(N)c21. The summed E-state index contributed by atoms with van der Waals surface area (Å²) >= 11 is 0. The number of fused-ring (bicyclic) bond motifs is 1. The third-order valence-electron chi connectivity index (χ3n) is 2.60. The van der Waals surface area contributed by atoms with E-state index in [9.17, 15) is 8.42 Å². The van der Waals surface area contributed by atoms with E-state index in [1.54, 1.807) is 4.68 Å². The minimum Gasteiger partial charge on any atom is -0.394 e. The first kappa shape index (κ1) is 11.3. The maximum atomic E-state index is 12.0. The van der Waals surface area contributed by atoms with Crippen molar-refractivity contribution in [3.63, 3.8) is 0 Å². The summed E-state index contributed by atoms with van der Waals surface area (Å²) in [6.45, 7) is 3.07. The number of aryl methyl sites for hydroxylation is 1. The van der Waals surface area contributed by atoms with E-state index in [1.165, 1.54) is 10.5 Å². The van der Waals surface area contributed by atoms with E-state index < -0.39 is 10.0 Å². The second kappa shape index (κ2) is 3.97. The molecule has 16 heavy (non-hydrogen) atoms. The Morgan fingerprint density at radius 2 is 2.25 bits per heavy atom. The zero-order chi connectivity index (χ0) is 11.8. The topological polar surface area (TPSA) is 81.2 Å². The van der Waals surface area contributed by atoms with E-state index in [4.69, 9.17) is 5.73 Å². The van der Waals surface area contributed by atoms with Crippen molar-refractivity contribution >= 4 is 21.5 Å². The van der Waals surface area contributed by atoms with Crippen molar-refractivity contribution in [3.05, 3.63) is 6.20 Å². The zero-order valence-corrected chi connectivity index (χ0v) is 10.1. The fourth-order valence-corrected chi connectivity index (χ4v) is 3.55. The molecule has 0 spiro atoms. The lowest BCUT2D eigenvalue weighted by molar-refractivity contribution is 0.532. The molecule has 0 saturated carbocycles. The smallest absolute Gasteiger partial charge is 0.236 e. The highest BCUT2D eigenvalue weighted by atomic mass is 32.2. The normalized spacial score (nSPS) is 16.2. The predicted molar refractivity (Wildman–Crippen MR) is 62.7 cm³/mol. The first-order valence-electron chi connectivity index (χ1n) is 5.38. The molecule has 0 amide bonds. The molecule has 0 atom stereocenters. The molecule has 0 aromatic carbocycles. The number of hydrogen-bond acceptors (Lipinski definition) is 4. The van der Waals surface area contributed by atoms with Crippen LogP contribution in [0.25, 0.3) is 0 Å². The van der Waals surface area contributed by atoms with Gasteiger partial charge in [0.2, 0.25) is 10.0 Å². The molecule has 2 rings (SSSR count). The summed E-state index contributed by atoms with van der Waals surface area (Å²) in [6.07, 6.45) is 2.89. The zero-order valence-electron chi connectivity index (χ0n) is 9.26. The maximum Gasteiger partial charge on any atom is 0.236 e. The van der Waals surface area contributed by atoms with Crippen molar-refractivity contribution < 1.29 is 8.42 Å². The minimum absolute atomic E-state index is 0.150. The van der Waals surface area contributed by atoms with Crippen molar-refractivity contribution in [1.29, 1.82) is 0 Å². The fraction of sp³-hybridized carbons (Fsp3) is 0.667. The summed E-state index contributed by atoms with van der Waals surface area (Å²) in [5, 5.41) is 4.07. The number of nitrogen functional groups attached to an aromatic ring is 1. The van der Waals surface area contributed by atoms with Crippen molar-refractivity contribution in [1.82, 2.24) is 9.78 Å². The number of sulfonamides is 1. The number of rotatable bonds is 3. The van der Waals surface area contributed by atoms with Crippen LogP contribution in [0.1, 0.15) is 19.8 Å². The van der Waals surface area contributed by atoms with Gasteiger partial charge in [0.1, 0.15) is 0 Å². The first-order valence-corrected chi connectivity index (χ1v) is 6.99. The molecular weight excluding hydrogens is 228 g/mol. The molecule has 1 aliphatic heterocycles. The lowest BCUT2D eigenvalue weighted by Gasteiger charge is -2.29. The Labute approximate surface area is 95.1 Å². The third-order valence-corrected chi connectivity index (χ3v) is 4.56. The average Bonchev–Trinajstić information content (AvgIpc) is 2.60. The highest BCUT2D eigenvalue weighted by Crippen LogP contribution is 2.29. The van der Waals surface area contributed by atoms with Gasteiger partial charge in [-0.25, -0.2) is 13.1 Å². The summed E-state index contributed by atoms with van der Waals surface area (Å²) in [5.41, 5.74) is 6.19. The van der Waals surface area contributed by atoms with Gasteiger partial charge in [-0.1, -0.05) is 6.92 Å². The molecule has 0 bridgehead atoms. The monoisotopic (exact) mass is 244 g/mol. The largest absolute Gasteiger partial charge is 0.394 e. The van der Waals surface area contributed by atoms with E-state index >= 15 is 0 Å². The van der Waals surface area contributed by atoms with Crippen LogP contribution < -0.4 is 10.0 Å². The van der Waals surface area contributed by atoms with Crippen LogP contribution in [0.4, 0.5) is 11.5 Å². The summed E-state index contributed by atoms with van der Waals surface area (Å²) in [4.78, 5) is 0. The Morgan fingerprint density at radius 3 is 2.94 bits per heavy atom. The molecule has 2 N–H and O–H groups in total. The van der Waals surface area contributed by atoms with Crippen molar-refractivity contribution in [2.24, 2.45) is 0 Å². The van der Waals surface area contributed by atoms with E-state index in [-0.39, 0.29) is 5.75 Å². The van der Waals surface area contributed by atoms with Gasteiger partial charge in [0.05, 0.1) is 17.6 Å². The summed E-state index contributed by atoms with van der Waals surface area (Å²) in [6, 6.07) is 0. The summed E-state index contributed by atoms with van der Waals surface area (Å²) < 4.78 is 27.1. The standard InChI is InChI=1S/C9H16N4O2S/c1-2-6-16(14,15)13-5-3-4-12-9(13)8(10)7-11-12/h7H,2-6,10H2,1H3. The Kier molecular flexibility index (Phi) is 2.79. The highest BCUT2D eigenvalue weighted by Gasteiger charge is 2.29. The average molecular weight is 244 g/mol. The fourth-order valence-electron chi connectivity index (χ4n) is 1.94. The quantitative estimate of drug-likeness (QED) is 0.835. The van der Waals surface area contributed by atoms with Gasteiger partial charge < -0.3 is 5.73 Å². The number of nitrogens with zero attached hydrogens (tertiary/aromatic N) is 3.